The first-order valence-electron chi connectivity index (χ1n) is 6.71. The van der Waals surface area contributed by atoms with Crippen LogP contribution in [0, 0.1) is 0 Å². The molecule has 0 atom stereocenters. The van der Waals surface area contributed by atoms with Gasteiger partial charge in [-0.25, -0.2) is 0 Å². The van der Waals surface area contributed by atoms with Gasteiger partial charge in [-0.2, -0.15) is 0 Å². The third-order valence-corrected chi connectivity index (χ3v) is 3.36. The molecular weight excluding hydrogens is 246 g/mol. The number of amides is 1. The predicted molar refractivity (Wildman–Crippen MR) is 78.2 cm³/mol. The molecule has 0 aromatic heterocycles. The molecule has 0 saturated heterocycles. The van der Waals surface area contributed by atoms with E-state index in [4.69, 9.17) is 11.6 Å². The first-order valence-corrected chi connectivity index (χ1v) is 7.09. The second-order valence-electron chi connectivity index (χ2n) is 4.46. The average molecular weight is 268 g/mol. The molecule has 18 heavy (non-hydrogen) atoms. The van der Waals surface area contributed by atoms with Crippen molar-refractivity contribution in [3.8, 4) is 0 Å². The Morgan fingerprint density at radius 2 is 1.94 bits per heavy atom. The van der Waals surface area contributed by atoms with Crippen LogP contribution in [-0.2, 0) is 4.79 Å². The van der Waals surface area contributed by atoms with Crippen molar-refractivity contribution in [3.63, 3.8) is 0 Å². The maximum absolute atomic E-state index is 12.3. The Balaban J connectivity index is 3.07. The van der Waals surface area contributed by atoms with E-state index in [1.54, 1.807) is 0 Å². The van der Waals surface area contributed by atoms with E-state index in [1.807, 2.05) is 36.1 Å². The maximum Gasteiger partial charge on any atom is 0.227 e. The molecule has 2 nitrogen and oxygen atoms in total. The van der Waals surface area contributed by atoms with Crippen molar-refractivity contribution in [3.05, 3.63) is 29.3 Å². The quantitative estimate of drug-likeness (QED) is 0.734. The van der Waals surface area contributed by atoms with Gasteiger partial charge >= 0.3 is 0 Å². The highest BCUT2D eigenvalue weighted by Crippen LogP contribution is 2.25. The number of hydrogen-bond donors (Lipinski definition) is 0. The van der Waals surface area contributed by atoms with Gasteiger partial charge in [0.25, 0.3) is 0 Å². The van der Waals surface area contributed by atoms with Crippen molar-refractivity contribution in [2.75, 3.05) is 4.90 Å². The van der Waals surface area contributed by atoms with Crippen LogP contribution in [0.2, 0.25) is 5.02 Å². The van der Waals surface area contributed by atoms with E-state index in [-0.39, 0.29) is 11.9 Å². The summed E-state index contributed by atoms with van der Waals surface area (Å²) in [5, 5.41) is 0.674. The SMILES string of the molecule is CCCC(=O)N(c1cccc(Cl)c1)C(CC)CC. The van der Waals surface area contributed by atoms with Gasteiger partial charge in [0.05, 0.1) is 0 Å². The molecule has 0 aliphatic rings. The van der Waals surface area contributed by atoms with Gasteiger partial charge in [-0.05, 0) is 37.5 Å². The van der Waals surface area contributed by atoms with Crippen LogP contribution in [0.25, 0.3) is 0 Å². The molecule has 3 heteroatoms. The Morgan fingerprint density at radius 3 is 2.44 bits per heavy atom. The van der Waals surface area contributed by atoms with E-state index in [1.165, 1.54) is 0 Å². The molecule has 0 aliphatic heterocycles. The van der Waals surface area contributed by atoms with E-state index in [9.17, 15) is 4.79 Å². The molecule has 0 saturated carbocycles. The van der Waals surface area contributed by atoms with Crippen LogP contribution in [0.3, 0.4) is 0 Å². The number of anilines is 1. The molecule has 0 fully saturated rings. The van der Waals surface area contributed by atoms with Crippen molar-refractivity contribution in [2.45, 2.75) is 52.5 Å². The number of carbonyl (C=O) groups is 1. The van der Waals surface area contributed by atoms with E-state index < -0.39 is 0 Å². The van der Waals surface area contributed by atoms with Gasteiger partial charge in [0.15, 0.2) is 0 Å². The van der Waals surface area contributed by atoms with Crippen LogP contribution in [0.15, 0.2) is 24.3 Å². The largest absolute Gasteiger partial charge is 0.309 e. The lowest BCUT2D eigenvalue weighted by atomic mass is 10.1. The normalized spacial score (nSPS) is 10.7. The van der Waals surface area contributed by atoms with Crippen molar-refractivity contribution in [1.29, 1.82) is 0 Å². The summed E-state index contributed by atoms with van der Waals surface area (Å²) in [6.07, 6.45) is 3.37. The summed E-state index contributed by atoms with van der Waals surface area (Å²) in [7, 11) is 0. The highest BCUT2D eigenvalue weighted by atomic mass is 35.5. The molecule has 0 aliphatic carbocycles. The molecule has 0 heterocycles. The molecule has 0 spiro atoms. The number of hydrogen-bond acceptors (Lipinski definition) is 1. The molecular formula is C15H22ClNO. The molecule has 0 bridgehead atoms. The average Bonchev–Trinajstić information content (AvgIpc) is 2.35. The zero-order chi connectivity index (χ0) is 13.5. The molecule has 0 N–H and O–H groups in total. The van der Waals surface area contributed by atoms with Gasteiger partial charge in [0, 0.05) is 23.2 Å². The van der Waals surface area contributed by atoms with Gasteiger partial charge in [-0.3, -0.25) is 4.79 Å². The Hall–Kier alpha value is -1.02. The fraction of sp³-hybridized carbons (Fsp3) is 0.533. The zero-order valence-electron chi connectivity index (χ0n) is 11.4. The van der Waals surface area contributed by atoms with E-state index in [0.29, 0.717) is 11.4 Å². The van der Waals surface area contributed by atoms with Gasteiger partial charge in [-0.1, -0.05) is 38.4 Å². The van der Waals surface area contributed by atoms with Crippen LogP contribution < -0.4 is 4.90 Å². The molecule has 1 aromatic carbocycles. The molecule has 0 unspecified atom stereocenters. The third kappa shape index (κ3) is 3.74. The fourth-order valence-corrected chi connectivity index (χ4v) is 2.36. The monoisotopic (exact) mass is 267 g/mol. The smallest absolute Gasteiger partial charge is 0.227 e. The number of carbonyl (C=O) groups excluding carboxylic acids is 1. The lowest BCUT2D eigenvalue weighted by Crippen LogP contribution is -2.39. The van der Waals surface area contributed by atoms with Crippen LogP contribution in [-0.4, -0.2) is 11.9 Å². The summed E-state index contributed by atoms with van der Waals surface area (Å²) in [5.41, 5.74) is 0.912. The van der Waals surface area contributed by atoms with Crippen molar-refractivity contribution < 1.29 is 4.79 Å². The topological polar surface area (TPSA) is 20.3 Å². The zero-order valence-corrected chi connectivity index (χ0v) is 12.2. The minimum Gasteiger partial charge on any atom is -0.309 e. The summed E-state index contributed by atoms with van der Waals surface area (Å²) < 4.78 is 0. The second-order valence-corrected chi connectivity index (χ2v) is 4.90. The van der Waals surface area contributed by atoms with Gasteiger partial charge in [0.1, 0.15) is 0 Å². The first-order chi connectivity index (χ1) is 8.63. The molecule has 1 rings (SSSR count). The fourth-order valence-electron chi connectivity index (χ4n) is 2.17. The minimum absolute atomic E-state index is 0.188. The molecule has 100 valence electrons. The van der Waals surface area contributed by atoms with E-state index in [2.05, 4.69) is 13.8 Å². The number of rotatable bonds is 6. The minimum atomic E-state index is 0.188. The van der Waals surface area contributed by atoms with E-state index in [0.717, 1.165) is 24.9 Å². The van der Waals surface area contributed by atoms with Crippen molar-refractivity contribution in [2.24, 2.45) is 0 Å². The number of benzene rings is 1. The highest BCUT2D eigenvalue weighted by molar-refractivity contribution is 6.30. The molecule has 1 amide bonds. The van der Waals surface area contributed by atoms with Gasteiger partial charge < -0.3 is 4.90 Å². The maximum atomic E-state index is 12.3. The summed E-state index contributed by atoms with van der Waals surface area (Å²) >= 11 is 6.02. The summed E-state index contributed by atoms with van der Waals surface area (Å²) in [6.45, 7) is 6.26. The van der Waals surface area contributed by atoms with Gasteiger partial charge in [-0.15, -0.1) is 0 Å². The highest BCUT2D eigenvalue weighted by Gasteiger charge is 2.22. The Labute approximate surface area is 115 Å². The molecule has 1 aromatic rings. The van der Waals surface area contributed by atoms with Crippen molar-refractivity contribution in [1.82, 2.24) is 0 Å². The summed E-state index contributed by atoms with van der Waals surface area (Å²) in [4.78, 5) is 14.2. The second kappa shape index (κ2) is 7.42. The summed E-state index contributed by atoms with van der Waals surface area (Å²) in [6, 6.07) is 7.81. The van der Waals surface area contributed by atoms with Gasteiger partial charge in [0.2, 0.25) is 5.91 Å². The number of halogens is 1. The van der Waals surface area contributed by atoms with Crippen LogP contribution >= 0.6 is 11.6 Å². The van der Waals surface area contributed by atoms with Crippen molar-refractivity contribution >= 4 is 23.2 Å². The standard InChI is InChI=1S/C15H22ClNO/c1-4-8-15(18)17(13(5-2)6-3)14-10-7-9-12(16)11-14/h7,9-11,13H,4-6,8H2,1-3H3. The lowest BCUT2D eigenvalue weighted by Gasteiger charge is -2.31. The Bertz CT molecular complexity index is 388. The molecule has 0 radical (unpaired) electrons. The van der Waals surface area contributed by atoms with Crippen LogP contribution in [0.5, 0.6) is 0 Å². The first kappa shape index (κ1) is 15.0. The van der Waals surface area contributed by atoms with Crippen LogP contribution in [0.4, 0.5) is 5.69 Å². The Kier molecular flexibility index (Phi) is 6.20. The third-order valence-electron chi connectivity index (χ3n) is 3.13. The van der Waals surface area contributed by atoms with E-state index >= 15 is 0 Å². The predicted octanol–water partition coefficient (Wildman–Crippen LogP) is 4.66. The lowest BCUT2D eigenvalue weighted by molar-refractivity contribution is -0.119. The van der Waals surface area contributed by atoms with Crippen LogP contribution in [0.1, 0.15) is 46.5 Å². The Morgan fingerprint density at radius 1 is 1.28 bits per heavy atom. The summed E-state index contributed by atoms with van der Waals surface area (Å²) in [5.74, 6) is 0.188. The number of nitrogens with zero attached hydrogens (tertiary/aromatic N) is 1.